The van der Waals surface area contributed by atoms with E-state index in [9.17, 15) is 0 Å². The van der Waals surface area contributed by atoms with Gasteiger partial charge in [0.15, 0.2) is 0 Å². The van der Waals surface area contributed by atoms with Gasteiger partial charge in [0.25, 0.3) is 0 Å². The van der Waals surface area contributed by atoms with Gasteiger partial charge in [0, 0.05) is 25.0 Å². The molecule has 0 aliphatic carbocycles. The Morgan fingerprint density at radius 3 is 2.67 bits per heavy atom. The molecule has 1 unspecified atom stereocenters. The fourth-order valence-electron chi connectivity index (χ4n) is 2.06. The lowest BCUT2D eigenvalue weighted by atomic mass is 10.1. The number of nitrogens with one attached hydrogen (secondary N) is 1. The Labute approximate surface area is 111 Å². The van der Waals surface area contributed by atoms with Crippen LogP contribution in [0.1, 0.15) is 39.1 Å². The SMILES string of the molecule is CCCNC(Cc1ncnn1C(C)C)CN(C)C. The third-order valence-corrected chi connectivity index (χ3v) is 2.83. The topological polar surface area (TPSA) is 46.0 Å². The molecule has 0 amide bonds. The number of rotatable bonds is 8. The molecule has 0 aromatic carbocycles. The van der Waals surface area contributed by atoms with Crippen molar-refractivity contribution in [3.05, 3.63) is 12.2 Å². The second-order valence-electron chi connectivity index (χ2n) is 5.33. The summed E-state index contributed by atoms with van der Waals surface area (Å²) in [7, 11) is 4.21. The predicted molar refractivity (Wildman–Crippen MR) is 74.7 cm³/mol. The summed E-state index contributed by atoms with van der Waals surface area (Å²) < 4.78 is 2.01. The summed E-state index contributed by atoms with van der Waals surface area (Å²) in [6, 6.07) is 0.801. The maximum absolute atomic E-state index is 4.39. The van der Waals surface area contributed by atoms with E-state index in [4.69, 9.17) is 0 Å². The highest BCUT2D eigenvalue weighted by atomic mass is 15.3. The molecular formula is C13H27N5. The molecule has 0 bridgehead atoms. The zero-order valence-corrected chi connectivity index (χ0v) is 12.3. The Kier molecular flexibility index (Phi) is 6.29. The average Bonchev–Trinajstić information content (AvgIpc) is 2.73. The van der Waals surface area contributed by atoms with Crippen LogP contribution in [0.4, 0.5) is 0 Å². The summed E-state index contributed by atoms with van der Waals surface area (Å²) in [5, 5.41) is 7.87. The molecule has 1 aromatic heterocycles. The number of hydrogen-bond donors (Lipinski definition) is 1. The van der Waals surface area contributed by atoms with Gasteiger partial charge in [0.1, 0.15) is 12.2 Å². The van der Waals surface area contributed by atoms with Gasteiger partial charge in [-0.05, 0) is 40.9 Å². The molecule has 0 fully saturated rings. The molecule has 1 atom stereocenters. The third-order valence-electron chi connectivity index (χ3n) is 2.83. The Hall–Kier alpha value is -0.940. The van der Waals surface area contributed by atoms with E-state index in [2.05, 4.69) is 55.2 Å². The number of aromatic nitrogens is 3. The number of nitrogens with zero attached hydrogens (tertiary/aromatic N) is 4. The number of likely N-dealkylation sites (N-methyl/N-ethyl adjacent to an activating group) is 1. The molecular weight excluding hydrogens is 226 g/mol. The molecule has 1 rings (SSSR count). The second kappa shape index (κ2) is 7.48. The Morgan fingerprint density at radius 1 is 1.39 bits per heavy atom. The van der Waals surface area contributed by atoms with Gasteiger partial charge in [-0.3, -0.25) is 0 Å². The van der Waals surface area contributed by atoms with Crippen LogP contribution in [0.15, 0.2) is 6.33 Å². The fraction of sp³-hybridized carbons (Fsp3) is 0.846. The van der Waals surface area contributed by atoms with Crippen LogP contribution in [0.5, 0.6) is 0 Å². The van der Waals surface area contributed by atoms with Gasteiger partial charge in [0.2, 0.25) is 0 Å². The molecule has 104 valence electrons. The highest BCUT2D eigenvalue weighted by Gasteiger charge is 2.15. The molecule has 0 aliphatic heterocycles. The summed E-state index contributed by atoms with van der Waals surface area (Å²) in [6.45, 7) is 8.53. The monoisotopic (exact) mass is 253 g/mol. The minimum Gasteiger partial charge on any atom is -0.312 e. The van der Waals surface area contributed by atoms with E-state index in [0.29, 0.717) is 12.1 Å². The Morgan fingerprint density at radius 2 is 2.11 bits per heavy atom. The molecule has 1 heterocycles. The van der Waals surface area contributed by atoms with Crippen molar-refractivity contribution in [1.29, 1.82) is 0 Å². The predicted octanol–water partition coefficient (Wildman–Crippen LogP) is 1.33. The fourth-order valence-corrected chi connectivity index (χ4v) is 2.06. The van der Waals surface area contributed by atoms with Gasteiger partial charge in [-0.15, -0.1) is 0 Å². The first-order valence-electron chi connectivity index (χ1n) is 6.81. The van der Waals surface area contributed by atoms with Crippen molar-refractivity contribution in [2.24, 2.45) is 0 Å². The lowest BCUT2D eigenvalue weighted by molar-refractivity contribution is 0.328. The minimum atomic E-state index is 0.369. The summed E-state index contributed by atoms with van der Waals surface area (Å²) in [5.74, 6) is 1.07. The van der Waals surface area contributed by atoms with Crippen molar-refractivity contribution in [1.82, 2.24) is 25.0 Å². The van der Waals surface area contributed by atoms with E-state index >= 15 is 0 Å². The van der Waals surface area contributed by atoms with Crippen molar-refractivity contribution >= 4 is 0 Å². The standard InChI is InChI=1S/C13H27N5/c1-6-7-14-12(9-17(4)5)8-13-15-10-16-18(13)11(2)3/h10-12,14H,6-9H2,1-5H3. The zero-order valence-electron chi connectivity index (χ0n) is 12.3. The maximum Gasteiger partial charge on any atom is 0.138 e. The van der Waals surface area contributed by atoms with Gasteiger partial charge < -0.3 is 10.2 Å². The molecule has 18 heavy (non-hydrogen) atoms. The average molecular weight is 253 g/mol. The first kappa shape index (κ1) is 15.1. The quantitative estimate of drug-likeness (QED) is 0.759. The van der Waals surface area contributed by atoms with E-state index in [-0.39, 0.29) is 0 Å². The van der Waals surface area contributed by atoms with Crippen molar-refractivity contribution in [2.75, 3.05) is 27.2 Å². The molecule has 0 aliphatic rings. The highest BCUT2D eigenvalue weighted by Crippen LogP contribution is 2.08. The molecule has 5 heteroatoms. The van der Waals surface area contributed by atoms with E-state index in [1.54, 1.807) is 6.33 Å². The molecule has 0 saturated carbocycles. The van der Waals surface area contributed by atoms with E-state index in [1.807, 2.05) is 4.68 Å². The summed E-state index contributed by atoms with van der Waals surface area (Å²) in [5.41, 5.74) is 0. The van der Waals surface area contributed by atoms with Crippen molar-refractivity contribution in [3.63, 3.8) is 0 Å². The van der Waals surface area contributed by atoms with Crippen LogP contribution in [-0.2, 0) is 6.42 Å². The smallest absolute Gasteiger partial charge is 0.138 e. The summed E-state index contributed by atoms with van der Waals surface area (Å²) in [6.07, 6.45) is 3.74. The first-order chi connectivity index (χ1) is 8.54. The molecule has 5 nitrogen and oxygen atoms in total. The van der Waals surface area contributed by atoms with Gasteiger partial charge in [-0.2, -0.15) is 5.10 Å². The summed E-state index contributed by atoms with van der Waals surface area (Å²) in [4.78, 5) is 6.60. The van der Waals surface area contributed by atoms with E-state index in [0.717, 1.165) is 31.8 Å². The lowest BCUT2D eigenvalue weighted by Crippen LogP contribution is -2.40. The second-order valence-corrected chi connectivity index (χ2v) is 5.33. The van der Waals surface area contributed by atoms with Crippen LogP contribution in [0, 0.1) is 0 Å². The van der Waals surface area contributed by atoms with Gasteiger partial charge in [-0.1, -0.05) is 6.92 Å². The van der Waals surface area contributed by atoms with Crippen molar-refractivity contribution in [2.45, 2.75) is 45.7 Å². The van der Waals surface area contributed by atoms with E-state index in [1.165, 1.54) is 0 Å². The largest absolute Gasteiger partial charge is 0.312 e. The Balaban J connectivity index is 2.65. The van der Waals surface area contributed by atoms with Crippen LogP contribution in [-0.4, -0.2) is 52.9 Å². The van der Waals surface area contributed by atoms with Crippen LogP contribution in [0.2, 0.25) is 0 Å². The molecule has 1 aromatic rings. The first-order valence-corrected chi connectivity index (χ1v) is 6.81. The maximum atomic E-state index is 4.39. The van der Waals surface area contributed by atoms with Crippen molar-refractivity contribution in [3.8, 4) is 0 Å². The van der Waals surface area contributed by atoms with Crippen LogP contribution in [0.3, 0.4) is 0 Å². The van der Waals surface area contributed by atoms with E-state index < -0.39 is 0 Å². The molecule has 1 N–H and O–H groups in total. The molecule has 0 radical (unpaired) electrons. The van der Waals surface area contributed by atoms with Gasteiger partial charge >= 0.3 is 0 Å². The normalized spacial score (nSPS) is 13.5. The Bertz CT molecular complexity index is 332. The molecule has 0 spiro atoms. The zero-order chi connectivity index (χ0) is 13.5. The van der Waals surface area contributed by atoms with Crippen LogP contribution >= 0.6 is 0 Å². The summed E-state index contributed by atoms with van der Waals surface area (Å²) >= 11 is 0. The molecule has 0 saturated heterocycles. The van der Waals surface area contributed by atoms with Crippen LogP contribution < -0.4 is 5.32 Å². The lowest BCUT2D eigenvalue weighted by Gasteiger charge is -2.22. The minimum absolute atomic E-state index is 0.369. The number of hydrogen-bond acceptors (Lipinski definition) is 4. The van der Waals surface area contributed by atoms with Gasteiger partial charge in [0.05, 0.1) is 0 Å². The van der Waals surface area contributed by atoms with Crippen molar-refractivity contribution < 1.29 is 0 Å². The highest BCUT2D eigenvalue weighted by molar-refractivity contribution is 4.92. The van der Waals surface area contributed by atoms with Gasteiger partial charge in [-0.25, -0.2) is 9.67 Å². The van der Waals surface area contributed by atoms with Crippen LogP contribution in [0.25, 0.3) is 0 Å². The third kappa shape index (κ3) is 4.74.